The lowest BCUT2D eigenvalue weighted by Crippen LogP contribution is -2.29. The molecule has 0 N–H and O–H groups in total. The monoisotopic (exact) mass is 295 g/mol. The van der Waals surface area contributed by atoms with E-state index in [1.165, 1.54) is 4.31 Å². The van der Waals surface area contributed by atoms with Crippen LogP contribution in [0.3, 0.4) is 0 Å². The number of nitrogens with zero attached hydrogens (tertiary/aromatic N) is 1. The predicted molar refractivity (Wildman–Crippen MR) is 78.0 cm³/mol. The standard InChI is InChI=1S/C14H14ClNO2S/c1-12-7-9-14(10-8-12)19(17,18)16(11-15)13-5-3-2-4-6-13/h2-10H,11H2,1H3. The molecule has 0 heterocycles. The van der Waals surface area contributed by atoms with Gasteiger partial charge in [0.1, 0.15) is 6.00 Å². The summed E-state index contributed by atoms with van der Waals surface area (Å²) in [5.41, 5.74) is 1.56. The number of sulfonamides is 1. The van der Waals surface area contributed by atoms with Gasteiger partial charge in [0.05, 0.1) is 10.6 Å². The smallest absolute Gasteiger partial charge is 0.251 e. The van der Waals surface area contributed by atoms with Crippen molar-refractivity contribution in [1.29, 1.82) is 0 Å². The molecule has 0 aliphatic carbocycles. The maximum atomic E-state index is 12.5. The van der Waals surface area contributed by atoms with E-state index in [1.54, 1.807) is 48.5 Å². The van der Waals surface area contributed by atoms with Crippen molar-refractivity contribution in [2.24, 2.45) is 0 Å². The number of alkyl halides is 1. The Kier molecular flexibility index (Phi) is 4.12. The van der Waals surface area contributed by atoms with E-state index in [1.807, 2.05) is 13.0 Å². The van der Waals surface area contributed by atoms with Crippen molar-refractivity contribution in [2.45, 2.75) is 11.8 Å². The first-order valence-corrected chi connectivity index (χ1v) is 7.73. The minimum atomic E-state index is -3.62. The van der Waals surface area contributed by atoms with Crippen LogP contribution < -0.4 is 4.31 Å². The number of rotatable bonds is 4. The van der Waals surface area contributed by atoms with Crippen LogP contribution in [0, 0.1) is 6.92 Å². The van der Waals surface area contributed by atoms with Crippen LogP contribution in [0.2, 0.25) is 0 Å². The molecule has 0 radical (unpaired) electrons. The average Bonchev–Trinajstić information content (AvgIpc) is 2.41. The fraction of sp³-hybridized carbons (Fsp3) is 0.143. The van der Waals surface area contributed by atoms with E-state index in [0.717, 1.165) is 5.56 Å². The van der Waals surface area contributed by atoms with E-state index in [9.17, 15) is 8.42 Å². The molecular weight excluding hydrogens is 282 g/mol. The summed E-state index contributed by atoms with van der Waals surface area (Å²) in [4.78, 5) is 0.239. The normalized spacial score (nSPS) is 11.3. The van der Waals surface area contributed by atoms with Gasteiger partial charge in [-0.25, -0.2) is 8.42 Å². The summed E-state index contributed by atoms with van der Waals surface area (Å²) in [6.07, 6.45) is 0. The summed E-state index contributed by atoms with van der Waals surface area (Å²) in [5.74, 6) is 0. The van der Waals surface area contributed by atoms with Crippen molar-refractivity contribution >= 4 is 27.3 Å². The second kappa shape index (κ2) is 5.63. The lowest BCUT2D eigenvalue weighted by Gasteiger charge is -2.21. The molecule has 2 aromatic carbocycles. The highest BCUT2D eigenvalue weighted by molar-refractivity contribution is 7.92. The second-order valence-electron chi connectivity index (χ2n) is 4.12. The molecule has 2 aromatic rings. The minimum Gasteiger partial charge on any atom is -0.251 e. The molecule has 0 aliphatic heterocycles. The van der Waals surface area contributed by atoms with E-state index in [4.69, 9.17) is 11.6 Å². The van der Waals surface area contributed by atoms with Gasteiger partial charge >= 0.3 is 0 Å². The molecule has 0 atom stereocenters. The van der Waals surface area contributed by atoms with Gasteiger partial charge < -0.3 is 0 Å². The highest BCUT2D eigenvalue weighted by Crippen LogP contribution is 2.23. The van der Waals surface area contributed by atoms with E-state index in [-0.39, 0.29) is 10.9 Å². The quantitative estimate of drug-likeness (QED) is 0.640. The number of benzene rings is 2. The van der Waals surface area contributed by atoms with Gasteiger partial charge in [0.15, 0.2) is 0 Å². The SMILES string of the molecule is Cc1ccc(S(=O)(=O)N(CCl)c2ccccc2)cc1. The van der Waals surface area contributed by atoms with Crippen LogP contribution in [0.4, 0.5) is 5.69 Å². The molecule has 0 spiro atoms. The van der Waals surface area contributed by atoms with Crippen LogP contribution in [0.15, 0.2) is 59.5 Å². The molecule has 19 heavy (non-hydrogen) atoms. The summed E-state index contributed by atoms with van der Waals surface area (Å²) >= 11 is 5.81. The first kappa shape index (κ1) is 13.9. The van der Waals surface area contributed by atoms with E-state index in [0.29, 0.717) is 5.69 Å². The molecule has 2 rings (SSSR count). The maximum Gasteiger partial charge on any atom is 0.265 e. The molecule has 5 heteroatoms. The van der Waals surface area contributed by atoms with Crippen molar-refractivity contribution in [1.82, 2.24) is 0 Å². The summed E-state index contributed by atoms with van der Waals surface area (Å²) in [7, 11) is -3.62. The van der Waals surface area contributed by atoms with Gasteiger partial charge in [-0.2, -0.15) is 0 Å². The van der Waals surface area contributed by atoms with Gasteiger partial charge in [0.25, 0.3) is 10.0 Å². The zero-order valence-electron chi connectivity index (χ0n) is 10.5. The Labute approximate surface area is 118 Å². The third-order valence-corrected chi connectivity index (χ3v) is 4.93. The molecule has 0 aliphatic rings. The van der Waals surface area contributed by atoms with Gasteiger partial charge in [-0.15, -0.1) is 11.6 Å². The molecule has 0 unspecified atom stereocenters. The van der Waals surface area contributed by atoms with Gasteiger partial charge in [0, 0.05) is 0 Å². The van der Waals surface area contributed by atoms with Crippen LogP contribution >= 0.6 is 11.6 Å². The molecular formula is C14H14ClNO2S. The number of aryl methyl sites for hydroxylation is 1. The Morgan fingerprint density at radius 3 is 2.11 bits per heavy atom. The van der Waals surface area contributed by atoms with Crippen molar-refractivity contribution in [2.75, 3.05) is 10.3 Å². The summed E-state index contributed by atoms with van der Waals surface area (Å²) in [5, 5.41) is 0. The Bertz CT molecular complexity index is 639. The number of halogens is 1. The fourth-order valence-corrected chi connectivity index (χ4v) is 3.49. The highest BCUT2D eigenvalue weighted by atomic mass is 35.5. The van der Waals surface area contributed by atoms with Gasteiger partial charge in [0.2, 0.25) is 0 Å². The lowest BCUT2D eigenvalue weighted by molar-refractivity contribution is 0.593. The third-order valence-electron chi connectivity index (χ3n) is 2.76. The van der Waals surface area contributed by atoms with Gasteiger partial charge in [-0.3, -0.25) is 4.31 Å². The molecule has 0 fully saturated rings. The van der Waals surface area contributed by atoms with Crippen LogP contribution in [0.1, 0.15) is 5.56 Å². The van der Waals surface area contributed by atoms with Crippen LogP contribution in [-0.4, -0.2) is 14.4 Å². The maximum absolute atomic E-state index is 12.5. The molecule has 3 nitrogen and oxygen atoms in total. The first-order chi connectivity index (χ1) is 9.05. The molecule has 0 aromatic heterocycles. The fourth-order valence-electron chi connectivity index (χ4n) is 1.70. The highest BCUT2D eigenvalue weighted by Gasteiger charge is 2.23. The van der Waals surface area contributed by atoms with E-state index < -0.39 is 10.0 Å². The average molecular weight is 296 g/mol. The van der Waals surface area contributed by atoms with Crippen LogP contribution in [0.5, 0.6) is 0 Å². The number of hydrogen-bond donors (Lipinski definition) is 0. The van der Waals surface area contributed by atoms with E-state index >= 15 is 0 Å². The van der Waals surface area contributed by atoms with Crippen molar-refractivity contribution in [3.63, 3.8) is 0 Å². The number of para-hydroxylation sites is 1. The third kappa shape index (κ3) is 2.91. The Hall–Kier alpha value is -1.52. The van der Waals surface area contributed by atoms with Crippen LogP contribution in [0.25, 0.3) is 0 Å². The van der Waals surface area contributed by atoms with E-state index in [2.05, 4.69) is 0 Å². The van der Waals surface area contributed by atoms with Crippen molar-refractivity contribution in [3.8, 4) is 0 Å². The molecule has 0 saturated heterocycles. The minimum absolute atomic E-state index is 0.125. The van der Waals surface area contributed by atoms with Crippen LogP contribution in [-0.2, 0) is 10.0 Å². The predicted octanol–water partition coefficient (Wildman–Crippen LogP) is 3.39. The first-order valence-electron chi connectivity index (χ1n) is 5.76. The summed E-state index contributed by atoms with van der Waals surface area (Å²) < 4.78 is 26.2. The summed E-state index contributed by atoms with van der Waals surface area (Å²) in [6, 6.07) is 15.4. The summed E-state index contributed by atoms with van der Waals surface area (Å²) in [6.45, 7) is 1.91. The van der Waals surface area contributed by atoms with Gasteiger partial charge in [-0.1, -0.05) is 35.9 Å². The molecule has 0 saturated carbocycles. The zero-order valence-corrected chi connectivity index (χ0v) is 12.0. The molecule has 100 valence electrons. The Morgan fingerprint density at radius 2 is 1.58 bits per heavy atom. The molecule has 0 bridgehead atoms. The topological polar surface area (TPSA) is 37.4 Å². The zero-order chi connectivity index (χ0) is 13.9. The van der Waals surface area contributed by atoms with Crippen molar-refractivity contribution in [3.05, 3.63) is 60.2 Å². The second-order valence-corrected chi connectivity index (χ2v) is 6.22. The number of hydrogen-bond acceptors (Lipinski definition) is 2. The Morgan fingerprint density at radius 1 is 1.00 bits per heavy atom. The largest absolute Gasteiger partial charge is 0.265 e. The van der Waals surface area contributed by atoms with Crippen molar-refractivity contribution < 1.29 is 8.42 Å². The number of anilines is 1. The molecule has 0 amide bonds. The van der Waals surface area contributed by atoms with Gasteiger partial charge in [-0.05, 0) is 31.2 Å². The Balaban J connectivity index is 2.45. The lowest BCUT2D eigenvalue weighted by atomic mass is 10.2.